The molecule has 156 valence electrons. The van der Waals surface area contributed by atoms with Crippen molar-refractivity contribution in [3.63, 3.8) is 0 Å². The maximum Gasteiger partial charge on any atom is 0.251 e. The zero-order valence-electron chi connectivity index (χ0n) is 17.9. The first-order valence-electron chi connectivity index (χ1n) is 10.8. The summed E-state index contributed by atoms with van der Waals surface area (Å²) in [5, 5.41) is 3.22. The highest BCUT2D eigenvalue weighted by atomic mass is 16.5. The van der Waals surface area contributed by atoms with Crippen LogP contribution in [-0.4, -0.2) is 19.1 Å². The van der Waals surface area contributed by atoms with Gasteiger partial charge in [-0.1, -0.05) is 57.7 Å². The first-order valence-corrected chi connectivity index (χ1v) is 10.8. The van der Waals surface area contributed by atoms with E-state index in [9.17, 15) is 4.79 Å². The van der Waals surface area contributed by atoms with Gasteiger partial charge < -0.3 is 14.8 Å². The summed E-state index contributed by atoms with van der Waals surface area (Å²) in [5.74, 6) is 1.98. The molecule has 0 aromatic heterocycles. The monoisotopic (exact) mass is 395 g/mol. The lowest BCUT2D eigenvalue weighted by Gasteiger charge is -2.18. The average Bonchev–Trinajstić information content (AvgIpc) is 3.00. The van der Waals surface area contributed by atoms with Gasteiger partial charge in [0.1, 0.15) is 18.1 Å². The fourth-order valence-corrected chi connectivity index (χ4v) is 3.97. The molecule has 29 heavy (non-hydrogen) atoms. The number of benzene rings is 2. The van der Waals surface area contributed by atoms with Crippen molar-refractivity contribution in [1.82, 2.24) is 5.32 Å². The van der Waals surface area contributed by atoms with E-state index in [-0.39, 0.29) is 11.9 Å². The van der Waals surface area contributed by atoms with Gasteiger partial charge in [-0.2, -0.15) is 0 Å². The lowest BCUT2D eigenvalue weighted by Crippen LogP contribution is -2.34. The minimum atomic E-state index is -0.0108. The summed E-state index contributed by atoms with van der Waals surface area (Å²) >= 11 is 0. The van der Waals surface area contributed by atoms with Crippen LogP contribution in [0.4, 0.5) is 0 Å². The van der Waals surface area contributed by atoms with Gasteiger partial charge in [0.2, 0.25) is 0 Å². The molecule has 1 aliphatic carbocycles. The van der Waals surface area contributed by atoms with Gasteiger partial charge in [0, 0.05) is 17.2 Å². The lowest BCUT2D eigenvalue weighted by atomic mass is 10.0. The Morgan fingerprint density at radius 2 is 1.76 bits per heavy atom. The Morgan fingerprint density at radius 3 is 2.45 bits per heavy atom. The highest BCUT2D eigenvalue weighted by molar-refractivity contribution is 5.94. The molecule has 0 saturated heterocycles. The molecule has 0 radical (unpaired) electrons. The number of amides is 1. The minimum absolute atomic E-state index is 0.0108. The van der Waals surface area contributed by atoms with Gasteiger partial charge in [-0.3, -0.25) is 4.79 Å². The maximum absolute atomic E-state index is 12.8. The molecule has 1 N–H and O–H groups in total. The highest BCUT2D eigenvalue weighted by Crippen LogP contribution is 2.28. The van der Waals surface area contributed by atoms with Crippen molar-refractivity contribution in [2.45, 2.75) is 70.9 Å². The van der Waals surface area contributed by atoms with Gasteiger partial charge in [0.05, 0.1) is 7.11 Å². The Morgan fingerprint density at radius 1 is 1.03 bits per heavy atom. The quantitative estimate of drug-likeness (QED) is 0.598. The molecule has 0 atom stereocenters. The van der Waals surface area contributed by atoms with E-state index in [4.69, 9.17) is 9.47 Å². The number of carbonyl (C=O) groups is 1. The molecule has 1 amide bonds. The van der Waals surface area contributed by atoms with Crippen molar-refractivity contribution in [3.05, 3.63) is 59.2 Å². The average molecular weight is 396 g/mol. The molecule has 0 bridgehead atoms. The van der Waals surface area contributed by atoms with Crippen LogP contribution >= 0.6 is 0 Å². The highest BCUT2D eigenvalue weighted by Gasteiger charge is 2.17. The van der Waals surface area contributed by atoms with Crippen LogP contribution in [0.15, 0.2) is 42.5 Å². The van der Waals surface area contributed by atoms with Gasteiger partial charge in [-0.05, 0) is 48.6 Å². The summed E-state index contributed by atoms with van der Waals surface area (Å²) < 4.78 is 11.6. The fraction of sp³-hybridized carbons (Fsp3) is 0.480. The summed E-state index contributed by atoms with van der Waals surface area (Å²) in [7, 11) is 1.65. The summed E-state index contributed by atoms with van der Waals surface area (Å²) in [6.07, 6.45) is 7.08. The minimum Gasteiger partial charge on any atom is -0.496 e. The Hall–Kier alpha value is -2.49. The van der Waals surface area contributed by atoms with Crippen LogP contribution in [0.3, 0.4) is 0 Å². The third-order valence-corrected chi connectivity index (χ3v) is 5.66. The van der Waals surface area contributed by atoms with Gasteiger partial charge in [0.15, 0.2) is 0 Å². The van der Waals surface area contributed by atoms with Crippen molar-refractivity contribution in [2.75, 3.05) is 7.11 Å². The van der Waals surface area contributed by atoms with Crippen LogP contribution < -0.4 is 14.8 Å². The van der Waals surface area contributed by atoms with E-state index in [0.29, 0.717) is 18.1 Å². The van der Waals surface area contributed by atoms with E-state index in [2.05, 4.69) is 25.2 Å². The number of hydrogen-bond donors (Lipinski definition) is 1. The second-order valence-electron chi connectivity index (χ2n) is 8.17. The Labute approximate surface area is 174 Å². The van der Waals surface area contributed by atoms with Crippen LogP contribution in [0.5, 0.6) is 11.5 Å². The fourth-order valence-electron chi connectivity index (χ4n) is 3.97. The van der Waals surface area contributed by atoms with Gasteiger partial charge in [-0.15, -0.1) is 0 Å². The lowest BCUT2D eigenvalue weighted by molar-refractivity contribution is 0.0933. The molecule has 4 nitrogen and oxygen atoms in total. The third kappa shape index (κ3) is 5.75. The number of nitrogens with one attached hydrogen (secondary N) is 1. The van der Waals surface area contributed by atoms with Gasteiger partial charge in [-0.25, -0.2) is 0 Å². The SMILES string of the molecule is COc1ccc(C(=O)NC2CCCCCC2)cc1COc1ccccc1C(C)C. The third-order valence-electron chi connectivity index (χ3n) is 5.66. The zero-order valence-corrected chi connectivity index (χ0v) is 17.9. The number of para-hydroxylation sites is 1. The first kappa shape index (κ1) is 21.2. The van der Waals surface area contributed by atoms with Crippen LogP contribution in [0.2, 0.25) is 0 Å². The smallest absolute Gasteiger partial charge is 0.251 e. The largest absolute Gasteiger partial charge is 0.496 e. The van der Waals surface area contributed by atoms with Crippen LogP contribution in [0.1, 0.15) is 79.8 Å². The molecule has 3 rings (SSSR count). The van der Waals surface area contributed by atoms with E-state index in [1.54, 1.807) is 7.11 Å². The Kier molecular flexibility index (Phi) is 7.56. The predicted octanol–water partition coefficient (Wildman–Crippen LogP) is 5.85. The zero-order chi connectivity index (χ0) is 20.6. The first-order chi connectivity index (χ1) is 14.1. The second kappa shape index (κ2) is 10.3. The van der Waals surface area contributed by atoms with Crippen molar-refractivity contribution < 1.29 is 14.3 Å². The molecule has 0 heterocycles. The summed E-state index contributed by atoms with van der Waals surface area (Å²) in [6.45, 7) is 4.67. The number of rotatable bonds is 7. The number of methoxy groups -OCH3 is 1. The number of carbonyl (C=O) groups excluding carboxylic acids is 1. The van der Waals surface area contributed by atoms with Crippen LogP contribution in [-0.2, 0) is 6.61 Å². The molecule has 1 saturated carbocycles. The van der Waals surface area contributed by atoms with E-state index in [0.717, 1.165) is 29.9 Å². The predicted molar refractivity (Wildman–Crippen MR) is 117 cm³/mol. The number of hydrogen-bond acceptors (Lipinski definition) is 3. The normalized spacial score (nSPS) is 15.0. The molecule has 2 aromatic carbocycles. The molecule has 0 unspecified atom stereocenters. The summed E-state index contributed by atoms with van der Waals surface area (Å²) in [4.78, 5) is 12.8. The molecule has 1 aliphatic rings. The van der Waals surface area contributed by atoms with E-state index < -0.39 is 0 Å². The summed E-state index contributed by atoms with van der Waals surface area (Å²) in [6, 6.07) is 14.0. The van der Waals surface area contributed by atoms with Gasteiger partial charge in [0.25, 0.3) is 5.91 Å². The van der Waals surface area contributed by atoms with Crippen molar-refractivity contribution >= 4 is 5.91 Å². The summed E-state index contributed by atoms with van der Waals surface area (Å²) in [5.41, 5.74) is 2.71. The molecule has 2 aromatic rings. The number of ether oxygens (including phenoxy) is 2. The molecular formula is C25H33NO3. The van der Waals surface area contributed by atoms with Crippen molar-refractivity contribution in [2.24, 2.45) is 0 Å². The molecule has 0 spiro atoms. The molecule has 4 heteroatoms. The van der Waals surface area contributed by atoms with Crippen molar-refractivity contribution in [1.29, 1.82) is 0 Å². The Bertz CT molecular complexity index is 807. The van der Waals surface area contributed by atoms with E-state index >= 15 is 0 Å². The van der Waals surface area contributed by atoms with Crippen molar-refractivity contribution in [3.8, 4) is 11.5 Å². The second-order valence-corrected chi connectivity index (χ2v) is 8.17. The van der Waals surface area contributed by atoms with Crippen LogP contribution in [0.25, 0.3) is 0 Å². The van der Waals surface area contributed by atoms with Gasteiger partial charge >= 0.3 is 0 Å². The van der Waals surface area contributed by atoms with E-state index in [1.807, 2.05) is 36.4 Å². The standard InChI is InChI=1S/C25H33NO3/c1-18(2)22-12-8-9-13-24(22)29-17-20-16-19(14-15-23(20)28-3)25(27)26-21-10-6-4-5-7-11-21/h8-9,12-16,18,21H,4-7,10-11,17H2,1-3H3,(H,26,27). The van der Waals surface area contributed by atoms with Crippen LogP contribution in [0, 0.1) is 0 Å². The maximum atomic E-state index is 12.8. The van der Waals surface area contributed by atoms with E-state index in [1.165, 1.54) is 31.2 Å². The molecular weight excluding hydrogens is 362 g/mol. The molecule has 1 fully saturated rings. The molecule has 0 aliphatic heterocycles. The topological polar surface area (TPSA) is 47.6 Å². The Balaban J connectivity index is 1.72.